The Morgan fingerprint density at radius 3 is 2.30 bits per heavy atom. The molecule has 1 aliphatic heterocycles. The van der Waals surface area contributed by atoms with Gasteiger partial charge in [-0.2, -0.15) is 4.31 Å². The molecule has 2 heterocycles. The van der Waals surface area contributed by atoms with Crippen molar-refractivity contribution in [1.29, 1.82) is 0 Å². The van der Waals surface area contributed by atoms with Crippen LogP contribution in [0.1, 0.15) is 17.0 Å². The maximum absolute atomic E-state index is 13.0. The third-order valence-electron chi connectivity index (χ3n) is 5.23. The molecular formula is C22H25N3O4S. The van der Waals surface area contributed by atoms with E-state index in [0.717, 1.165) is 17.1 Å². The van der Waals surface area contributed by atoms with Gasteiger partial charge in [-0.1, -0.05) is 41.6 Å². The summed E-state index contributed by atoms with van der Waals surface area (Å²) in [5, 5.41) is 3.79. The van der Waals surface area contributed by atoms with Crippen molar-refractivity contribution < 1.29 is 17.7 Å². The molecule has 1 saturated heterocycles. The highest BCUT2D eigenvalue weighted by molar-refractivity contribution is 7.89. The molecule has 0 N–H and O–H groups in total. The molecule has 0 atom stereocenters. The lowest BCUT2D eigenvalue weighted by Gasteiger charge is -2.34. The highest BCUT2D eigenvalue weighted by Crippen LogP contribution is 2.28. The Labute approximate surface area is 176 Å². The molecule has 0 spiro atoms. The van der Waals surface area contributed by atoms with Crippen molar-refractivity contribution in [3.8, 4) is 11.5 Å². The van der Waals surface area contributed by atoms with Gasteiger partial charge in [-0.15, -0.1) is 0 Å². The average molecular weight is 428 g/mol. The summed E-state index contributed by atoms with van der Waals surface area (Å²) in [5.74, 6) is 1.94. The van der Waals surface area contributed by atoms with E-state index in [-0.39, 0.29) is 4.90 Å². The van der Waals surface area contributed by atoms with Crippen LogP contribution in [0, 0.1) is 13.8 Å². The van der Waals surface area contributed by atoms with Crippen LogP contribution < -0.4 is 4.74 Å². The van der Waals surface area contributed by atoms with Crippen LogP contribution in [0.2, 0.25) is 0 Å². The summed E-state index contributed by atoms with van der Waals surface area (Å²) in [7, 11) is -3.60. The van der Waals surface area contributed by atoms with Gasteiger partial charge in [-0.05, 0) is 32.0 Å². The molecule has 0 unspecified atom stereocenters. The molecule has 1 aliphatic rings. The zero-order chi connectivity index (χ0) is 21.1. The first-order chi connectivity index (χ1) is 14.4. The minimum atomic E-state index is -3.60. The number of nitrogens with zero attached hydrogens (tertiary/aromatic N) is 3. The Morgan fingerprint density at radius 2 is 1.63 bits per heavy atom. The van der Waals surface area contributed by atoms with Crippen LogP contribution in [0.25, 0.3) is 0 Å². The first-order valence-corrected chi connectivity index (χ1v) is 11.4. The van der Waals surface area contributed by atoms with Gasteiger partial charge in [0.25, 0.3) is 0 Å². The monoisotopic (exact) mass is 427 g/mol. The maximum atomic E-state index is 13.0. The van der Waals surface area contributed by atoms with Crippen molar-refractivity contribution >= 4 is 10.0 Å². The number of hydrogen-bond donors (Lipinski definition) is 0. The van der Waals surface area contributed by atoms with Gasteiger partial charge in [0.2, 0.25) is 10.0 Å². The van der Waals surface area contributed by atoms with Crippen molar-refractivity contribution in [2.45, 2.75) is 25.3 Å². The van der Waals surface area contributed by atoms with Gasteiger partial charge in [0.1, 0.15) is 22.1 Å². The SMILES string of the molecule is Cc1noc(C)c1S(=O)(=O)N1CCN(Cc2ccccc2Oc2ccccc2)CC1. The zero-order valence-corrected chi connectivity index (χ0v) is 17.9. The van der Waals surface area contributed by atoms with E-state index in [1.54, 1.807) is 13.8 Å². The van der Waals surface area contributed by atoms with Gasteiger partial charge < -0.3 is 9.26 Å². The number of ether oxygens (including phenoxy) is 1. The maximum Gasteiger partial charge on any atom is 0.248 e. The molecule has 0 bridgehead atoms. The first kappa shape index (κ1) is 20.6. The van der Waals surface area contributed by atoms with Gasteiger partial charge in [0, 0.05) is 38.3 Å². The predicted molar refractivity (Wildman–Crippen MR) is 113 cm³/mol. The van der Waals surface area contributed by atoms with Crippen LogP contribution in [-0.4, -0.2) is 49.0 Å². The summed E-state index contributed by atoms with van der Waals surface area (Å²) in [6.45, 7) is 6.12. The van der Waals surface area contributed by atoms with Crippen LogP contribution >= 0.6 is 0 Å². The van der Waals surface area contributed by atoms with E-state index in [2.05, 4.69) is 10.1 Å². The van der Waals surface area contributed by atoms with Gasteiger partial charge >= 0.3 is 0 Å². The number of aryl methyl sites for hydroxylation is 2. The van der Waals surface area contributed by atoms with Crippen molar-refractivity contribution in [1.82, 2.24) is 14.4 Å². The highest BCUT2D eigenvalue weighted by atomic mass is 32.2. The minimum absolute atomic E-state index is 0.192. The van der Waals surface area contributed by atoms with E-state index >= 15 is 0 Å². The topological polar surface area (TPSA) is 75.9 Å². The summed E-state index contributed by atoms with van der Waals surface area (Å²) in [6, 6.07) is 17.6. The van der Waals surface area contributed by atoms with Crippen LogP contribution in [0.5, 0.6) is 11.5 Å². The fraction of sp³-hybridized carbons (Fsp3) is 0.318. The molecule has 30 heavy (non-hydrogen) atoms. The van der Waals surface area contributed by atoms with E-state index in [4.69, 9.17) is 9.26 Å². The molecule has 0 radical (unpaired) electrons. The predicted octanol–water partition coefficient (Wildman–Crippen LogP) is 3.59. The quantitative estimate of drug-likeness (QED) is 0.598. The number of hydrogen-bond acceptors (Lipinski definition) is 6. The summed E-state index contributed by atoms with van der Waals surface area (Å²) < 4.78 is 38.6. The third kappa shape index (κ3) is 4.26. The molecule has 0 aliphatic carbocycles. The third-order valence-corrected chi connectivity index (χ3v) is 7.38. The summed E-state index contributed by atoms with van der Waals surface area (Å²) >= 11 is 0. The summed E-state index contributed by atoms with van der Waals surface area (Å²) in [4.78, 5) is 2.43. The number of benzene rings is 2. The van der Waals surface area contributed by atoms with E-state index < -0.39 is 10.0 Å². The van der Waals surface area contributed by atoms with Crippen molar-refractivity contribution in [3.63, 3.8) is 0 Å². The Morgan fingerprint density at radius 1 is 0.967 bits per heavy atom. The van der Waals surface area contributed by atoms with Crippen molar-refractivity contribution in [2.75, 3.05) is 26.2 Å². The summed E-state index contributed by atoms with van der Waals surface area (Å²) in [5.41, 5.74) is 1.48. The number of piperazine rings is 1. The molecule has 8 heteroatoms. The standard InChI is InChI=1S/C22H25N3O4S/c1-17-22(18(2)29-23-17)30(26,27)25-14-12-24(13-15-25)16-19-8-6-7-11-21(19)28-20-9-4-3-5-10-20/h3-11H,12-16H2,1-2H3. The van der Waals surface area contributed by atoms with Gasteiger partial charge in [-0.25, -0.2) is 8.42 Å². The second kappa shape index (κ2) is 8.59. The smallest absolute Gasteiger partial charge is 0.248 e. The molecule has 1 aromatic heterocycles. The van der Waals surface area contributed by atoms with Crippen molar-refractivity contribution in [3.05, 3.63) is 71.6 Å². The fourth-order valence-electron chi connectivity index (χ4n) is 3.69. The molecule has 2 aromatic carbocycles. The van der Waals surface area contributed by atoms with Gasteiger partial charge in [0.15, 0.2) is 5.76 Å². The largest absolute Gasteiger partial charge is 0.457 e. The fourth-order valence-corrected chi connectivity index (χ4v) is 5.40. The molecule has 158 valence electrons. The lowest BCUT2D eigenvalue weighted by molar-refractivity contribution is 0.180. The Kier molecular flexibility index (Phi) is 5.90. The number of para-hydroxylation sites is 2. The molecule has 1 fully saturated rings. The molecule has 0 amide bonds. The minimum Gasteiger partial charge on any atom is -0.457 e. The lowest BCUT2D eigenvalue weighted by atomic mass is 10.1. The first-order valence-electron chi connectivity index (χ1n) is 9.91. The number of aromatic nitrogens is 1. The van der Waals surface area contributed by atoms with Crippen LogP contribution in [0.4, 0.5) is 0 Å². The van der Waals surface area contributed by atoms with Crippen LogP contribution in [0.3, 0.4) is 0 Å². The van der Waals surface area contributed by atoms with E-state index in [1.807, 2.05) is 54.6 Å². The number of rotatable bonds is 6. The molecular weight excluding hydrogens is 402 g/mol. The average Bonchev–Trinajstić information content (AvgIpc) is 3.09. The Balaban J connectivity index is 1.42. The molecule has 7 nitrogen and oxygen atoms in total. The van der Waals surface area contributed by atoms with Gasteiger partial charge in [0.05, 0.1) is 0 Å². The lowest BCUT2D eigenvalue weighted by Crippen LogP contribution is -2.48. The zero-order valence-electron chi connectivity index (χ0n) is 17.1. The molecule has 3 aromatic rings. The van der Waals surface area contributed by atoms with E-state index in [1.165, 1.54) is 4.31 Å². The van der Waals surface area contributed by atoms with Crippen LogP contribution in [-0.2, 0) is 16.6 Å². The Bertz CT molecular complexity index is 1080. The normalized spacial score (nSPS) is 15.9. The molecule has 4 rings (SSSR count). The van der Waals surface area contributed by atoms with Gasteiger partial charge in [-0.3, -0.25) is 4.90 Å². The van der Waals surface area contributed by atoms with Crippen LogP contribution in [0.15, 0.2) is 64.0 Å². The highest BCUT2D eigenvalue weighted by Gasteiger charge is 2.33. The van der Waals surface area contributed by atoms with E-state index in [9.17, 15) is 8.42 Å². The van der Waals surface area contributed by atoms with Crippen molar-refractivity contribution in [2.24, 2.45) is 0 Å². The van der Waals surface area contributed by atoms with E-state index in [0.29, 0.717) is 44.2 Å². The number of sulfonamides is 1. The second-order valence-electron chi connectivity index (χ2n) is 7.36. The second-order valence-corrected chi connectivity index (χ2v) is 9.23. The summed E-state index contributed by atoms with van der Waals surface area (Å²) in [6.07, 6.45) is 0. The molecule has 0 saturated carbocycles. The Hall–Kier alpha value is -2.68.